The molecule has 11 heteroatoms. The SMILES string of the molecule is CCOC(=O)C(=CNc1cccc(NC=C(C(=O)OCC)C(=O)OCC)n1)C(=O)OCC. The Morgan fingerprint density at radius 2 is 1.00 bits per heavy atom. The van der Waals surface area contributed by atoms with Crippen LogP contribution in [-0.2, 0) is 38.1 Å². The summed E-state index contributed by atoms with van der Waals surface area (Å²) < 4.78 is 19.4. The van der Waals surface area contributed by atoms with E-state index < -0.39 is 23.9 Å². The summed E-state index contributed by atoms with van der Waals surface area (Å²) in [6.45, 7) is 6.79. The van der Waals surface area contributed by atoms with Crippen LogP contribution in [0.25, 0.3) is 0 Å². The van der Waals surface area contributed by atoms with Crippen LogP contribution in [0.4, 0.5) is 11.6 Å². The lowest BCUT2D eigenvalue weighted by molar-refractivity contribution is -0.148. The maximum Gasteiger partial charge on any atom is 0.347 e. The molecule has 0 aliphatic rings. The van der Waals surface area contributed by atoms with Crippen molar-refractivity contribution in [2.24, 2.45) is 0 Å². The molecule has 0 aliphatic carbocycles. The fourth-order valence-corrected chi connectivity index (χ4v) is 2.13. The van der Waals surface area contributed by atoms with Crippen molar-refractivity contribution in [3.63, 3.8) is 0 Å². The minimum absolute atomic E-state index is 0.0861. The molecule has 174 valence electrons. The molecule has 0 aliphatic heterocycles. The lowest BCUT2D eigenvalue weighted by Crippen LogP contribution is -2.20. The first-order valence-corrected chi connectivity index (χ1v) is 9.96. The summed E-state index contributed by atoms with van der Waals surface area (Å²) in [5, 5.41) is 5.44. The molecule has 1 rings (SSSR count). The molecule has 0 saturated heterocycles. The Labute approximate surface area is 185 Å². The smallest absolute Gasteiger partial charge is 0.347 e. The highest BCUT2D eigenvalue weighted by molar-refractivity contribution is 6.14. The summed E-state index contributed by atoms with van der Waals surface area (Å²) in [7, 11) is 0. The van der Waals surface area contributed by atoms with E-state index in [0.717, 1.165) is 12.4 Å². The maximum absolute atomic E-state index is 12.0. The third-order valence-electron chi connectivity index (χ3n) is 3.46. The van der Waals surface area contributed by atoms with Crippen molar-refractivity contribution in [2.45, 2.75) is 27.7 Å². The number of nitrogens with one attached hydrogen (secondary N) is 2. The van der Waals surface area contributed by atoms with Crippen LogP contribution in [0.1, 0.15) is 27.7 Å². The van der Waals surface area contributed by atoms with Crippen molar-refractivity contribution in [3.8, 4) is 0 Å². The molecule has 0 fully saturated rings. The summed E-state index contributed by atoms with van der Waals surface area (Å²) in [5.74, 6) is -2.87. The molecule has 0 saturated carbocycles. The molecule has 0 bridgehead atoms. The third-order valence-corrected chi connectivity index (χ3v) is 3.46. The van der Waals surface area contributed by atoms with E-state index in [-0.39, 0.29) is 49.2 Å². The van der Waals surface area contributed by atoms with Gasteiger partial charge in [0.2, 0.25) is 0 Å². The van der Waals surface area contributed by atoms with Gasteiger partial charge in [-0.25, -0.2) is 24.2 Å². The van der Waals surface area contributed by atoms with E-state index in [9.17, 15) is 19.2 Å². The average molecular weight is 449 g/mol. The molecule has 2 N–H and O–H groups in total. The van der Waals surface area contributed by atoms with Gasteiger partial charge in [-0.15, -0.1) is 0 Å². The number of ether oxygens (including phenoxy) is 4. The minimum Gasteiger partial charge on any atom is -0.462 e. The second-order valence-corrected chi connectivity index (χ2v) is 5.69. The summed E-state index contributed by atoms with van der Waals surface area (Å²) in [6.07, 6.45) is 2.25. The first kappa shape index (κ1) is 26.1. The van der Waals surface area contributed by atoms with Crippen molar-refractivity contribution in [2.75, 3.05) is 37.1 Å². The van der Waals surface area contributed by atoms with Gasteiger partial charge in [0.1, 0.15) is 11.6 Å². The van der Waals surface area contributed by atoms with Gasteiger partial charge in [-0.05, 0) is 39.8 Å². The summed E-state index contributed by atoms with van der Waals surface area (Å²) in [4.78, 5) is 52.2. The fraction of sp³-hybridized carbons (Fsp3) is 0.381. The Balaban J connectivity index is 3.06. The average Bonchev–Trinajstić information content (AvgIpc) is 2.75. The molecular weight excluding hydrogens is 422 g/mol. The third kappa shape index (κ3) is 8.46. The van der Waals surface area contributed by atoms with Crippen molar-refractivity contribution in [1.82, 2.24) is 4.98 Å². The van der Waals surface area contributed by atoms with Gasteiger partial charge < -0.3 is 29.6 Å². The van der Waals surface area contributed by atoms with Crippen molar-refractivity contribution >= 4 is 35.5 Å². The standard InChI is InChI=1S/C21H27N3O8/c1-5-29-18(25)14(19(26)30-6-2)12-22-16-10-9-11-17(24-16)23-13-15(20(27)31-7-3)21(28)32-8-4/h9-13H,5-8H2,1-4H3,(H2,22,23,24). The molecule has 0 atom stereocenters. The van der Waals surface area contributed by atoms with E-state index in [0.29, 0.717) is 0 Å². The molecule has 1 aromatic rings. The number of rotatable bonds is 12. The largest absolute Gasteiger partial charge is 0.462 e. The molecule has 0 spiro atoms. The quantitative estimate of drug-likeness (QED) is 0.159. The Kier molecular flexibility index (Phi) is 11.6. The minimum atomic E-state index is -0.843. The van der Waals surface area contributed by atoms with Crippen LogP contribution in [0.15, 0.2) is 41.7 Å². The van der Waals surface area contributed by atoms with Crippen LogP contribution in [-0.4, -0.2) is 55.3 Å². The first-order chi connectivity index (χ1) is 15.4. The molecule has 0 aromatic carbocycles. The number of hydrogen-bond acceptors (Lipinski definition) is 11. The van der Waals surface area contributed by atoms with E-state index in [1.54, 1.807) is 45.9 Å². The summed E-state index contributed by atoms with van der Waals surface area (Å²) in [5.41, 5.74) is -0.665. The van der Waals surface area contributed by atoms with Crippen LogP contribution in [0, 0.1) is 0 Å². The predicted molar refractivity (Wildman–Crippen MR) is 114 cm³/mol. The van der Waals surface area contributed by atoms with Crippen LogP contribution in [0.3, 0.4) is 0 Å². The number of anilines is 2. The van der Waals surface area contributed by atoms with E-state index in [4.69, 9.17) is 18.9 Å². The highest BCUT2D eigenvalue weighted by Gasteiger charge is 2.22. The number of nitrogens with zero attached hydrogens (tertiary/aromatic N) is 1. The molecule has 1 aromatic heterocycles. The van der Waals surface area contributed by atoms with Gasteiger partial charge in [0.05, 0.1) is 26.4 Å². The zero-order chi connectivity index (χ0) is 23.9. The number of hydrogen-bond donors (Lipinski definition) is 2. The topological polar surface area (TPSA) is 142 Å². The molecule has 0 radical (unpaired) electrons. The summed E-state index contributed by atoms with van der Waals surface area (Å²) in [6, 6.07) is 4.75. The van der Waals surface area contributed by atoms with Crippen molar-refractivity contribution in [1.29, 1.82) is 0 Å². The van der Waals surface area contributed by atoms with E-state index in [1.807, 2.05) is 0 Å². The molecular formula is C21H27N3O8. The van der Waals surface area contributed by atoms with Gasteiger partial charge in [0.15, 0.2) is 11.1 Å². The maximum atomic E-state index is 12.0. The highest BCUT2D eigenvalue weighted by atomic mass is 16.6. The number of carbonyl (C=O) groups is 4. The number of pyridine rings is 1. The van der Waals surface area contributed by atoms with E-state index in [1.165, 1.54) is 0 Å². The Bertz CT molecular complexity index is 772. The van der Waals surface area contributed by atoms with E-state index in [2.05, 4.69) is 15.6 Å². The molecule has 0 unspecified atom stereocenters. The predicted octanol–water partition coefficient (Wildman–Crippen LogP) is 1.93. The lowest BCUT2D eigenvalue weighted by atomic mass is 10.3. The Morgan fingerprint density at radius 3 is 1.28 bits per heavy atom. The number of carbonyl (C=O) groups excluding carboxylic acids is 4. The van der Waals surface area contributed by atoms with Crippen molar-refractivity contribution in [3.05, 3.63) is 41.7 Å². The van der Waals surface area contributed by atoms with Crippen LogP contribution in [0.5, 0.6) is 0 Å². The Hall–Kier alpha value is -3.89. The van der Waals surface area contributed by atoms with Gasteiger partial charge in [-0.2, -0.15) is 0 Å². The normalized spacial score (nSPS) is 9.62. The second kappa shape index (κ2) is 14.2. The lowest BCUT2D eigenvalue weighted by Gasteiger charge is -2.09. The summed E-state index contributed by atoms with van der Waals surface area (Å²) >= 11 is 0. The van der Waals surface area contributed by atoms with Gasteiger partial charge in [-0.3, -0.25) is 0 Å². The fourth-order valence-electron chi connectivity index (χ4n) is 2.13. The van der Waals surface area contributed by atoms with Crippen LogP contribution < -0.4 is 10.6 Å². The number of aromatic nitrogens is 1. The Morgan fingerprint density at radius 1 is 0.688 bits per heavy atom. The molecule has 11 nitrogen and oxygen atoms in total. The van der Waals surface area contributed by atoms with E-state index >= 15 is 0 Å². The molecule has 1 heterocycles. The zero-order valence-corrected chi connectivity index (χ0v) is 18.4. The monoisotopic (exact) mass is 449 g/mol. The van der Waals surface area contributed by atoms with Crippen LogP contribution in [0.2, 0.25) is 0 Å². The first-order valence-electron chi connectivity index (χ1n) is 9.96. The second-order valence-electron chi connectivity index (χ2n) is 5.69. The van der Waals surface area contributed by atoms with Gasteiger partial charge in [-0.1, -0.05) is 6.07 Å². The van der Waals surface area contributed by atoms with Crippen LogP contribution >= 0.6 is 0 Å². The van der Waals surface area contributed by atoms with Gasteiger partial charge in [0.25, 0.3) is 0 Å². The van der Waals surface area contributed by atoms with Crippen molar-refractivity contribution < 1.29 is 38.1 Å². The molecule has 0 amide bonds. The molecule has 32 heavy (non-hydrogen) atoms. The number of esters is 4. The zero-order valence-electron chi connectivity index (χ0n) is 18.4. The van der Waals surface area contributed by atoms with Gasteiger partial charge >= 0.3 is 23.9 Å². The highest BCUT2D eigenvalue weighted by Crippen LogP contribution is 2.12. The van der Waals surface area contributed by atoms with Gasteiger partial charge in [0, 0.05) is 12.4 Å².